The number of hydrogen-bond donors (Lipinski definition) is 2. The van der Waals surface area contributed by atoms with Gasteiger partial charge in [0.1, 0.15) is 5.58 Å². The molecule has 2 atom stereocenters. The van der Waals surface area contributed by atoms with Gasteiger partial charge < -0.3 is 24.5 Å². The van der Waals surface area contributed by atoms with Gasteiger partial charge in [0.25, 0.3) is 5.91 Å². The van der Waals surface area contributed by atoms with Crippen molar-refractivity contribution in [3.63, 3.8) is 0 Å². The number of nitrogens with zero attached hydrogens (tertiary/aromatic N) is 1. The Morgan fingerprint density at radius 2 is 2.14 bits per heavy atom. The molecule has 0 spiro atoms. The summed E-state index contributed by atoms with van der Waals surface area (Å²) < 4.78 is 51.0. The van der Waals surface area contributed by atoms with Crippen LogP contribution in [-0.2, 0) is 10.9 Å². The van der Waals surface area contributed by atoms with Gasteiger partial charge in [-0.2, -0.15) is 13.2 Å². The number of fused-ring (bicyclic) bond motifs is 3. The summed E-state index contributed by atoms with van der Waals surface area (Å²) in [5.41, 5.74) is -0.158. The lowest BCUT2D eigenvalue weighted by molar-refractivity contribution is -0.137. The fraction of sp³-hybridized carbons (Fsp3) is 0.550. The minimum atomic E-state index is -4.49. The number of anilines is 1. The van der Waals surface area contributed by atoms with E-state index < -0.39 is 23.8 Å². The Morgan fingerprint density at radius 3 is 2.93 bits per heavy atom. The van der Waals surface area contributed by atoms with Crippen LogP contribution in [0.5, 0.6) is 0 Å². The first kappa shape index (κ1) is 20.0. The molecule has 1 aromatic heterocycles. The molecule has 2 unspecified atom stereocenters. The van der Waals surface area contributed by atoms with Gasteiger partial charge in [0, 0.05) is 31.6 Å². The lowest BCUT2D eigenvalue weighted by atomic mass is 10.1. The Hall–Kier alpha value is -2.26. The highest BCUT2D eigenvalue weighted by molar-refractivity contribution is 6.07. The van der Waals surface area contributed by atoms with Gasteiger partial charge in [0.15, 0.2) is 0 Å². The van der Waals surface area contributed by atoms with Crippen molar-refractivity contribution >= 4 is 22.6 Å². The molecule has 0 radical (unpaired) electrons. The lowest BCUT2D eigenvalue weighted by Gasteiger charge is -2.25. The minimum Gasteiger partial charge on any atom is -0.449 e. The second kappa shape index (κ2) is 7.87. The van der Waals surface area contributed by atoms with Crippen molar-refractivity contribution < 1.29 is 32.2 Å². The van der Waals surface area contributed by atoms with Crippen molar-refractivity contribution in [2.45, 2.75) is 44.1 Å². The molecule has 0 aliphatic carbocycles. The third-order valence-electron chi connectivity index (χ3n) is 5.47. The van der Waals surface area contributed by atoms with Gasteiger partial charge in [-0.3, -0.25) is 4.79 Å². The molecule has 1 aromatic carbocycles. The van der Waals surface area contributed by atoms with E-state index in [1.165, 1.54) is 6.07 Å². The van der Waals surface area contributed by atoms with Crippen LogP contribution in [0.15, 0.2) is 22.6 Å². The molecule has 2 N–H and O–H groups in total. The predicted molar refractivity (Wildman–Crippen MR) is 100.0 cm³/mol. The minimum absolute atomic E-state index is 0.0265. The normalized spacial score (nSPS) is 23.4. The first-order valence-corrected chi connectivity index (χ1v) is 9.79. The third kappa shape index (κ3) is 4.20. The van der Waals surface area contributed by atoms with Crippen LogP contribution in [0.4, 0.5) is 18.9 Å². The molecule has 1 amide bonds. The first-order valence-electron chi connectivity index (χ1n) is 9.79. The van der Waals surface area contributed by atoms with Gasteiger partial charge >= 0.3 is 6.18 Å². The number of ether oxygens (including phenoxy) is 1. The summed E-state index contributed by atoms with van der Waals surface area (Å²) >= 11 is 0. The summed E-state index contributed by atoms with van der Waals surface area (Å²) in [4.78, 5) is 14.3. The molecule has 1 fully saturated rings. The average molecular weight is 412 g/mol. The van der Waals surface area contributed by atoms with Crippen LogP contribution in [0, 0.1) is 0 Å². The molecule has 158 valence electrons. The number of aliphatic hydroxyl groups excluding tert-OH is 1. The topological polar surface area (TPSA) is 74.9 Å². The number of alkyl halides is 3. The van der Waals surface area contributed by atoms with E-state index in [0.29, 0.717) is 51.2 Å². The van der Waals surface area contributed by atoms with Gasteiger partial charge in [0.2, 0.25) is 5.76 Å². The van der Waals surface area contributed by atoms with E-state index in [9.17, 15) is 23.1 Å². The quantitative estimate of drug-likeness (QED) is 0.809. The third-order valence-corrected chi connectivity index (χ3v) is 5.47. The van der Waals surface area contributed by atoms with E-state index in [4.69, 9.17) is 9.15 Å². The number of amides is 1. The van der Waals surface area contributed by atoms with Crippen LogP contribution in [0.3, 0.4) is 0 Å². The van der Waals surface area contributed by atoms with E-state index in [0.717, 1.165) is 18.6 Å². The molecule has 0 bridgehead atoms. The van der Waals surface area contributed by atoms with Crippen LogP contribution in [-0.4, -0.2) is 49.5 Å². The Balaban J connectivity index is 1.65. The Labute approximate surface area is 165 Å². The second-order valence-corrected chi connectivity index (χ2v) is 7.54. The molecule has 2 aromatic rings. The van der Waals surface area contributed by atoms with Crippen LogP contribution in [0.2, 0.25) is 0 Å². The maximum atomic E-state index is 13.2. The molecule has 3 heterocycles. The van der Waals surface area contributed by atoms with Gasteiger partial charge in [-0.25, -0.2) is 0 Å². The summed E-state index contributed by atoms with van der Waals surface area (Å²) in [7, 11) is 0. The molecule has 2 aliphatic rings. The van der Waals surface area contributed by atoms with Gasteiger partial charge in [-0.15, -0.1) is 0 Å². The highest BCUT2D eigenvalue weighted by Gasteiger charge is 2.34. The largest absolute Gasteiger partial charge is 0.449 e. The molecule has 4 rings (SSSR count). The van der Waals surface area contributed by atoms with E-state index in [1.54, 1.807) is 0 Å². The molecule has 1 saturated heterocycles. The summed E-state index contributed by atoms with van der Waals surface area (Å²) in [6.45, 7) is 1.86. The molecule has 2 aliphatic heterocycles. The number of benzene rings is 1. The van der Waals surface area contributed by atoms with Crippen molar-refractivity contribution in [2.24, 2.45) is 0 Å². The summed E-state index contributed by atoms with van der Waals surface area (Å²) in [5, 5.41) is 13.0. The van der Waals surface area contributed by atoms with Gasteiger partial charge in [-0.05, 0) is 43.9 Å². The van der Waals surface area contributed by atoms with Gasteiger partial charge in [0.05, 0.1) is 23.5 Å². The molecule has 6 nitrogen and oxygen atoms in total. The van der Waals surface area contributed by atoms with Crippen LogP contribution in [0.1, 0.15) is 41.8 Å². The number of carbonyl (C=O) groups excluding carboxylic acids is 1. The molecule has 29 heavy (non-hydrogen) atoms. The van der Waals surface area contributed by atoms with Crippen molar-refractivity contribution in [2.75, 3.05) is 31.1 Å². The number of carbonyl (C=O) groups is 1. The maximum absolute atomic E-state index is 13.2. The number of halogens is 3. The van der Waals surface area contributed by atoms with Crippen molar-refractivity contribution in [3.8, 4) is 0 Å². The van der Waals surface area contributed by atoms with Crippen LogP contribution in [0.25, 0.3) is 11.0 Å². The smallest absolute Gasteiger partial charge is 0.416 e. The fourth-order valence-electron chi connectivity index (χ4n) is 4.01. The van der Waals surface area contributed by atoms with Crippen molar-refractivity contribution in [3.05, 3.63) is 29.5 Å². The summed E-state index contributed by atoms with van der Waals surface area (Å²) in [6, 6.07) is 3.24. The maximum Gasteiger partial charge on any atom is 0.416 e. The number of furan rings is 1. The van der Waals surface area contributed by atoms with Crippen LogP contribution < -0.4 is 10.2 Å². The Kier molecular flexibility index (Phi) is 5.44. The molecule has 0 saturated carbocycles. The van der Waals surface area contributed by atoms with E-state index in [1.807, 2.05) is 4.90 Å². The molecular formula is C20H23F3N2O4. The van der Waals surface area contributed by atoms with Crippen molar-refractivity contribution in [1.29, 1.82) is 0 Å². The number of rotatable bonds is 3. The number of hydrogen-bond acceptors (Lipinski definition) is 5. The zero-order chi connectivity index (χ0) is 20.6. The zero-order valence-corrected chi connectivity index (χ0v) is 15.8. The highest BCUT2D eigenvalue weighted by atomic mass is 19.4. The van der Waals surface area contributed by atoms with Crippen molar-refractivity contribution in [1.82, 2.24) is 5.32 Å². The lowest BCUT2D eigenvalue weighted by Crippen LogP contribution is -2.33. The molecular weight excluding hydrogens is 389 g/mol. The second-order valence-electron chi connectivity index (χ2n) is 7.54. The standard InChI is InChI=1S/C20H23F3N2O4/c21-20(22,23)12-3-4-16-15(10-12)17-18(29-16)19(27)24-6-8-25(17)7-5-14-11-13(26)2-1-9-28-14/h3-4,10,13-14,26H,1-2,5-9,11H2,(H,24,27). The molecule has 9 heteroatoms. The monoisotopic (exact) mass is 412 g/mol. The fourth-order valence-corrected chi connectivity index (χ4v) is 4.01. The number of aliphatic hydroxyl groups is 1. The zero-order valence-electron chi connectivity index (χ0n) is 15.8. The van der Waals surface area contributed by atoms with E-state index in [2.05, 4.69) is 5.32 Å². The Bertz CT molecular complexity index is 896. The average Bonchev–Trinajstić information content (AvgIpc) is 2.81. The highest BCUT2D eigenvalue weighted by Crippen LogP contribution is 2.39. The van der Waals surface area contributed by atoms with E-state index >= 15 is 0 Å². The number of nitrogens with one attached hydrogen (secondary N) is 1. The van der Waals surface area contributed by atoms with E-state index in [-0.39, 0.29) is 22.8 Å². The first-order chi connectivity index (χ1) is 13.8. The van der Waals surface area contributed by atoms with Crippen LogP contribution >= 0.6 is 0 Å². The SMILES string of the molecule is O=C1NCCN(CCC2CC(O)CCCO2)c2c1oc1ccc(C(F)(F)F)cc21. The summed E-state index contributed by atoms with van der Waals surface area (Å²) in [6.07, 6.45) is -2.40. The predicted octanol–water partition coefficient (Wildman–Crippen LogP) is 3.32. The van der Waals surface area contributed by atoms with Gasteiger partial charge in [-0.1, -0.05) is 0 Å². The Morgan fingerprint density at radius 1 is 1.31 bits per heavy atom. The summed E-state index contributed by atoms with van der Waals surface area (Å²) in [5.74, 6) is -0.410.